The number of carbonyl (C=O) groups is 1. The van der Waals surface area contributed by atoms with Gasteiger partial charge in [-0.3, -0.25) is 0 Å². The molecule has 100 valence electrons. The molecule has 0 fully saturated rings. The lowest BCUT2D eigenvalue weighted by molar-refractivity contribution is -0.153. The van der Waals surface area contributed by atoms with Crippen molar-refractivity contribution in [2.24, 2.45) is 5.92 Å². The van der Waals surface area contributed by atoms with Gasteiger partial charge in [-0.25, -0.2) is 4.79 Å². The SMILES string of the molecule is CCC(Oc1cccc(N)c1)C(=O)OCC(C)C. The molecule has 0 saturated carbocycles. The second-order valence-corrected chi connectivity index (χ2v) is 4.61. The second-order valence-electron chi connectivity index (χ2n) is 4.61. The summed E-state index contributed by atoms with van der Waals surface area (Å²) >= 11 is 0. The summed E-state index contributed by atoms with van der Waals surface area (Å²) in [5.41, 5.74) is 6.26. The molecule has 4 nitrogen and oxygen atoms in total. The number of esters is 1. The number of hydrogen-bond donors (Lipinski definition) is 1. The third-order valence-corrected chi connectivity index (χ3v) is 2.33. The van der Waals surface area contributed by atoms with Crippen molar-refractivity contribution in [3.05, 3.63) is 24.3 Å². The summed E-state index contributed by atoms with van der Waals surface area (Å²) < 4.78 is 10.7. The van der Waals surface area contributed by atoms with Crippen LogP contribution in [-0.2, 0) is 9.53 Å². The Morgan fingerprint density at radius 1 is 1.39 bits per heavy atom. The Morgan fingerprint density at radius 2 is 2.11 bits per heavy atom. The minimum absolute atomic E-state index is 0.318. The number of rotatable bonds is 6. The predicted molar refractivity (Wildman–Crippen MR) is 71.4 cm³/mol. The molecule has 0 heterocycles. The molecule has 0 amide bonds. The molecular weight excluding hydrogens is 230 g/mol. The van der Waals surface area contributed by atoms with E-state index in [2.05, 4.69) is 0 Å². The van der Waals surface area contributed by atoms with Crippen molar-refractivity contribution in [1.29, 1.82) is 0 Å². The fourth-order valence-electron chi connectivity index (χ4n) is 1.39. The first kappa shape index (κ1) is 14.4. The molecule has 1 atom stereocenters. The molecule has 1 rings (SSSR count). The van der Waals surface area contributed by atoms with Crippen LogP contribution in [0.4, 0.5) is 5.69 Å². The zero-order valence-corrected chi connectivity index (χ0v) is 11.2. The van der Waals surface area contributed by atoms with E-state index in [1.165, 1.54) is 0 Å². The molecule has 2 N–H and O–H groups in total. The van der Waals surface area contributed by atoms with Crippen molar-refractivity contribution in [1.82, 2.24) is 0 Å². The number of benzene rings is 1. The van der Waals surface area contributed by atoms with Gasteiger partial charge in [-0.1, -0.05) is 26.8 Å². The van der Waals surface area contributed by atoms with Gasteiger partial charge in [0.05, 0.1) is 6.61 Å². The molecule has 1 aromatic rings. The highest BCUT2D eigenvalue weighted by molar-refractivity contribution is 5.75. The molecule has 0 aliphatic rings. The molecule has 0 radical (unpaired) electrons. The van der Waals surface area contributed by atoms with Crippen LogP contribution in [0.25, 0.3) is 0 Å². The van der Waals surface area contributed by atoms with Crippen molar-refractivity contribution in [3.63, 3.8) is 0 Å². The standard InChI is InChI=1S/C14H21NO3/c1-4-13(14(16)17-9-10(2)3)18-12-7-5-6-11(15)8-12/h5-8,10,13H,4,9,15H2,1-3H3. The average Bonchev–Trinajstić information content (AvgIpc) is 2.33. The van der Waals surface area contributed by atoms with Crippen molar-refractivity contribution in [2.45, 2.75) is 33.3 Å². The topological polar surface area (TPSA) is 61.5 Å². The van der Waals surface area contributed by atoms with Crippen molar-refractivity contribution in [2.75, 3.05) is 12.3 Å². The fraction of sp³-hybridized carbons (Fsp3) is 0.500. The third kappa shape index (κ3) is 4.65. The zero-order valence-electron chi connectivity index (χ0n) is 11.2. The molecule has 0 spiro atoms. The Hall–Kier alpha value is -1.71. The summed E-state index contributed by atoms with van der Waals surface area (Å²) in [6, 6.07) is 7.02. The van der Waals surface area contributed by atoms with Crippen LogP contribution >= 0.6 is 0 Å². The molecule has 1 aromatic carbocycles. The average molecular weight is 251 g/mol. The van der Waals surface area contributed by atoms with Crippen LogP contribution < -0.4 is 10.5 Å². The zero-order chi connectivity index (χ0) is 13.5. The number of anilines is 1. The Labute approximate surface area is 108 Å². The van der Waals surface area contributed by atoms with Gasteiger partial charge in [0.1, 0.15) is 5.75 Å². The Morgan fingerprint density at radius 3 is 2.67 bits per heavy atom. The van der Waals surface area contributed by atoms with Gasteiger partial charge in [-0.15, -0.1) is 0 Å². The molecular formula is C14H21NO3. The van der Waals surface area contributed by atoms with Gasteiger partial charge in [0, 0.05) is 11.8 Å². The molecule has 1 unspecified atom stereocenters. The third-order valence-electron chi connectivity index (χ3n) is 2.33. The summed E-state index contributed by atoms with van der Waals surface area (Å²) in [6.45, 7) is 6.28. The highest BCUT2D eigenvalue weighted by Gasteiger charge is 2.20. The van der Waals surface area contributed by atoms with Crippen LogP contribution in [0.15, 0.2) is 24.3 Å². The fourth-order valence-corrected chi connectivity index (χ4v) is 1.39. The smallest absolute Gasteiger partial charge is 0.347 e. The first-order valence-electron chi connectivity index (χ1n) is 6.21. The molecule has 0 saturated heterocycles. The molecule has 0 aromatic heterocycles. The van der Waals surface area contributed by atoms with Gasteiger partial charge in [-0.05, 0) is 24.5 Å². The van der Waals surface area contributed by atoms with Crippen LogP contribution in [-0.4, -0.2) is 18.7 Å². The summed E-state index contributed by atoms with van der Waals surface area (Å²) in [5, 5.41) is 0. The number of nitrogens with two attached hydrogens (primary N) is 1. The summed E-state index contributed by atoms with van der Waals surface area (Å²) in [7, 11) is 0. The van der Waals surface area contributed by atoms with Crippen LogP contribution in [0.1, 0.15) is 27.2 Å². The van der Waals surface area contributed by atoms with E-state index in [0.717, 1.165) is 0 Å². The largest absolute Gasteiger partial charge is 0.479 e. The van der Waals surface area contributed by atoms with Crippen LogP contribution in [0.5, 0.6) is 5.75 Å². The lowest BCUT2D eigenvalue weighted by Crippen LogP contribution is -2.29. The maximum atomic E-state index is 11.8. The Balaban J connectivity index is 2.58. The quantitative estimate of drug-likeness (QED) is 0.623. The van der Waals surface area contributed by atoms with Gasteiger partial charge in [0.25, 0.3) is 0 Å². The van der Waals surface area contributed by atoms with Gasteiger partial charge in [0.15, 0.2) is 6.10 Å². The molecule has 18 heavy (non-hydrogen) atoms. The lowest BCUT2D eigenvalue weighted by Gasteiger charge is -2.17. The number of carbonyl (C=O) groups excluding carboxylic acids is 1. The molecule has 0 bridgehead atoms. The first-order chi connectivity index (χ1) is 8.52. The van der Waals surface area contributed by atoms with Gasteiger partial charge < -0.3 is 15.2 Å². The van der Waals surface area contributed by atoms with Crippen LogP contribution in [0.3, 0.4) is 0 Å². The normalized spacial score (nSPS) is 12.2. The Bertz CT molecular complexity index is 390. The molecule has 0 aliphatic carbocycles. The maximum absolute atomic E-state index is 11.8. The number of hydrogen-bond acceptors (Lipinski definition) is 4. The van der Waals surface area contributed by atoms with Crippen LogP contribution in [0, 0.1) is 5.92 Å². The highest BCUT2D eigenvalue weighted by Crippen LogP contribution is 2.17. The first-order valence-corrected chi connectivity index (χ1v) is 6.21. The van der Waals surface area contributed by atoms with E-state index in [1.54, 1.807) is 24.3 Å². The van der Waals surface area contributed by atoms with Gasteiger partial charge in [-0.2, -0.15) is 0 Å². The Kier molecular flexibility index (Phi) is 5.49. The minimum Gasteiger partial charge on any atom is -0.479 e. The molecule has 0 aliphatic heterocycles. The van der Waals surface area contributed by atoms with Gasteiger partial charge >= 0.3 is 5.97 Å². The van der Waals surface area contributed by atoms with E-state index in [9.17, 15) is 4.79 Å². The van der Waals surface area contributed by atoms with E-state index in [4.69, 9.17) is 15.2 Å². The van der Waals surface area contributed by atoms with Gasteiger partial charge in [0.2, 0.25) is 0 Å². The minimum atomic E-state index is -0.578. The van der Waals surface area contributed by atoms with E-state index >= 15 is 0 Å². The summed E-state index contributed by atoms with van der Waals surface area (Å²) in [6.07, 6.45) is -0.0170. The molecule has 4 heteroatoms. The van der Waals surface area contributed by atoms with Crippen LogP contribution in [0.2, 0.25) is 0 Å². The van der Waals surface area contributed by atoms with E-state index in [-0.39, 0.29) is 5.97 Å². The summed E-state index contributed by atoms with van der Waals surface area (Å²) in [4.78, 5) is 11.8. The van der Waals surface area contributed by atoms with E-state index < -0.39 is 6.10 Å². The number of ether oxygens (including phenoxy) is 2. The number of nitrogen functional groups attached to an aromatic ring is 1. The predicted octanol–water partition coefficient (Wildman–Crippen LogP) is 2.63. The van der Waals surface area contributed by atoms with E-state index in [0.29, 0.717) is 30.4 Å². The maximum Gasteiger partial charge on any atom is 0.347 e. The summed E-state index contributed by atoms with van der Waals surface area (Å²) in [5.74, 6) is 0.579. The lowest BCUT2D eigenvalue weighted by atomic mass is 10.2. The highest BCUT2D eigenvalue weighted by atomic mass is 16.6. The van der Waals surface area contributed by atoms with Crippen molar-refractivity contribution < 1.29 is 14.3 Å². The second kappa shape index (κ2) is 6.89. The van der Waals surface area contributed by atoms with Crippen molar-refractivity contribution in [3.8, 4) is 5.75 Å². The monoisotopic (exact) mass is 251 g/mol. The van der Waals surface area contributed by atoms with E-state index in [1.807, 2.05) is 20.8 Å². The van der Waals surface area contributed by atoms with Crippen molar-refractivity contribution >= 4 is 11.7 Å².